The third-order valence-electron chi connectivity index (χ3n) is 5.40. The van der Waals surface area contributed by atoms with Crippen molar-refractivity contribution in [2.24, 2.45) is 0 Å². The molecule has 0 bridgehead atoms. The summed E-state index contributed by atoms with van der Waals surface area (Å²) in [6.45, 7) is -0.0727. The van der Waals surface area contributed by atoms with E-state index in [1.165, 1.54) is 18.2 Å². The Morgan fingerprint density at radius 2 is 1.97 bits per heavy atom. The Morgan fingerprint density at radius 1 is 1.23 bits per heavy atom. The average Bonchev–Trinajstić information content (AvgIpc) is 2.77. The molecule has 3 rings (SSSR count). The van der Waals surface area contributed by atoms with E-state index in [9.17, 15) is 13.6 Å². The number of para-hydroxylation sites is 1. The molecule has 160 valence electrons. The van der Waals surface area contributed by atoms with Gasteiger partial charge in [-0.3, -0.25) is 9.78 Å². The predicted molar refractivity (Wildman–Crippen MR) is 112 cm³/mol. The number of amides is 1. The first-order valence-corrected chi connectivity index (χ1v) is 10.1. The fourth-order valence-corrected chi connectivity index (χ4v) is 3.63. The van der Waals surface area contributed by atoms with Crippen LogP contribution in [0.25, 0.3) is 6.08 Å². The third-order valence-corrected chi connectivity index (χ3v) is 5.40. The molecular weight excluding hydrogens is 388 g/mol. The summed E-state index contributed by atoms with van der Waals surface area (Å²) < 4.78 is 29.6. The summed E-state index contributed by atoms with van der Waals surface area (Å²) in [7, 11) is 1.79. The Bertz CT molecular complexity index is 837. The van der Waals surface area contributed by atoms with Crippen LogP contribution >= 0.6 is 0 Å². The summed E-state index contributed by atoms with van der Waals surface area (Å²) in [5.41, 5.74) is 1.54. The number of carbonyl (C=O) groups is 1. The number of piperidine rings is 1. The van der Waals surface area contributed by atoms with Gasteiger partial charge in [0, 0.05) is 62.7 Å². The monoisotopic (exact) mass is 415 g/mol. The molecule has 7 heteroatoms. The van der Waals surface area contributed by atoms with Crippen LogP contribution < -0.4 is 4.74 Å². The van der Waals surface area contributed by atoms with E-state index in [4.69, 9.17) is 0 Å². The number of ether oxygens (including phenoxy) is 1. The Labute approximate surface area is 176 Å². The van der Waals surface area contributed by atoms with Crippen LogP contribution in [0.2, 0.25) is 0 Å². The zero-order chi connectivity index (χ0) is 21.3. The number of nitrogens with zero attached hydrogens (tertiary/aromatic N) is 3. The first-order valence-electron chi connectivity index (χ1n) is 10.1. The number of pyridine rings is 1. The number of hydrogen-bond acceptors (Lipinski definition) is 4. The number of likely N-dealkylation sites (tertiary alicyclic amines) is 1. The number of carbonyl (C=O) groups excluding carboxylic acids is 1. The van der Waals surface area contributed by atoms with E-state index in [0.29, 0.717) is 5.56 Å². The topological polar surface area (TPSA) is 45.7 Å². The fourth-order valence-electron chi connectivity index (χ4n) is 3.63. The summed E-state index contributed by atoms with van der Waals surface area (Å²) in [4.78, 5) is 21.1. The number of aromatic nitrogens is 1. The highest BCUT2D eigenvalue weighted by atomic mass is 19.3. The second-order valence-corrected chi connectivity index (χ2v) is 7.34. The summed E-state index contributed by atoms with van der Waals surface area (Å²) in [5, 5.41) is 0. The maximum absolute atomic E-state index is 12.6. The lowest BCUT2D eigenvalue weighted by Crippen LogP contribution is -2.45. The molecule has 0 atom stereocenters. The van der Waals surface area contributed by atoms with Gasteiger partial charge in [0.15, 0.2) is 0 Å². The lowest BCUT2D eigenvalue weighted by atomic mass is 10.0. The highest BCUT2D eigenvalue weighted by Crippen LogP contribution is 2.22. The largest absolute Gasteiger partial charge is 0.434 e. The van der Waals surface area contributed by atoms with Gasteiger partial charge in [0.25, 0.3) is 0 Å². The van der Waals surface area contributed by atoms with E-state index in [1.807, 2.05) is 24.4 Å². The second-order valence-electron chi connectivity index (χ2n) is 7.34. The molecule has 2 aromatic rings. The van der Waals surface area contributed by atoms with Gasteiger partial charge in [0.2, 0.25) is 5.91 Å². The maximum Gasteiger partial charge on any atom is 0.387 e. The molecule has 1 aromatic heterocycles. The molecule has 0 spiro atoms. The number of likely N-dealkylation sites (N-methyl/N-ethyl adjacent to an activating group) is 1. The number of halogens is 2. The Morgan fingerprint density at radius 3 is 2.67 bits per heavy atom. The summed E-state index contributed by atoms with van der Waals surface area (Å²) in [6.07, 6.45) is 7.49. The van der Waals surface area contributed by atoms with Crippen molar-refractivity contribution in [3.63, 3.8) is 0 Å². The number of benzene rings is 1. The van der Waals surface area contributed by atoms with Crippen molar-refractivity contribution in [1.29, 1.82) is 0 Å². The highest BCUT2D eigenvalue weighted by molar-refractivity contribution is 5.92. The second kappa shape index (κ2) is 10.8. The maximum atomic E-state index is 12.6. The smallest absolute Gasteiger partial charge is 0.387 e. The van der Waals surface area contributed by atoms with Crippen LogP contribution in [0.15, 0.2) is 54.7 Å². The van der Waals surface area contributed by atoms with Crippen LogP contribution in [-0.4, -0.2) is 60.0 Å². The van der Waals surface area contributed by atoms with Crippen molar-refractivity contribution in [3.05, 3.63) is 66.0 Å². The van der Waals surface area contributed by atoms with Gasteiger partial charge < -0.3 is 14.5 Å². The number of rotatable bonds is 8. The van der Waals surface area contributed by atoms with Crippen LogP contribution in [0.1, 0.15) is 24.1 Å². The molecule has 1 fully saturated rings. The normalized spacial score (nSPS) is 15.6. The van der Waals surface area contributed by atoms with Crippen LogP contribution in [0.5, 0.6) is 5.75 Å². The van der Waals surface area contributed by atoms with Gasteiger partial charge in [-0.15, -0.1) is 0 Å². The minimum atomic E-state index is -2.90. The van der Waals surface area contributed by atoms with E-state index in [0.717, 1.165) is 44.6 Å². The van der Waals surface area contributed by atoms with Gasteiger partial charge in [-0.25, -0.2) is 0 Å². The van der Waals surface area contributed by atoms with Crippen LogP contribution in [0.3, 0.4) is 0 Å². The van der Waals surface area contributed by atoms with Gasteiger partial charge in [0.1, 0.15) is 5.75 Å². The highest BCUT2D eigenvalue weighted by Gasteiger charge is 2.24. The lowest BCUT2D eigenvalue weighted by Gasteiger charge is -2.36. The van der Waals surface area contributed by atoms with E-state index in [2.05, 4.69) is 14.6 Å². The van der Waals surface area contributed by atoms with Gasteiger partial charge >= 0.3 is 6.61 Å². The molecule has 1 amide bonds. The molecule has 0 N–H and O–H groups in total. The number of alkyl halides is 2. The van der Waals surface area contributed by atoms with Crippen molar-refractivity contribution in [3.8, 4) is 5.75 Å². The van der Waals surface area contributed by atoms with Crippen molar-refractivity contribution >= 4 is 12.0 Å². The quantitative estimate of drug-likeness (QED) is 0.614. The van der Waals surface area contributed by atoms with Crippen molar-refractivity contribution in [2.45, 2.75) is 31.9 Å². The molecule has 1 aliphatic rings. The van der Waals surface area contributed by atoms with E-state index in [-0.39, 0.29) is 17.7 Å². The Hall–Kier alpha value is -2.80. The molecular formula is C23H27F2N3O2. The summed E-state index contributed by atoms with van der Waals surface area (Å²) >= 11 is 0. The minimum Gasteiger partial charge on any atom is -0.434 e. The average molecular weight is 415 g/mol. The van der Waals surface area contributed by atoms with Crippen LogP contribution in [-0.2, 0) is 11.2 Å². The van der Waals surface area contributed by atoms with Crippen molar-refractivity contribution in [2.75, 3.05) is 26.7 Å². The van der Waals surface area contributed by atoms with Gasteiger partial charge in [0.05, 0.1) is 0 Å². The van der Waals surface area contributed by atoms with Crippen LogP contribution in [0.4, 0.5) is 8.78 Å². The SMILES string of the molecule is CN(C(=O)/C=C/c1ccccc1OC(F)F)C1CCN(CCc2ccccn2)CC1. The standard InChI is InChI=1S/C23H27F2N3O2/c1-27(22(29)10-9-18-6-2-3-8-21(18)30-23(24)25)20-12-16-28(17-13-20)15-11-19-7-4-5-14-26-19/h2-10,14,20,23H,11-13,15-17H2,1H3/b10-9+. The third kappa shape index (κ3) is 6.35. The molecule has 0 unspecified atom stereocenters. The van der Waals surface area contributed by atoms with Gasteiger partial charge in [-0.1, -0.05) is 24.3 Å². The summed E-state index contributed by atoms with van der Waals surface area (Å²) in [5.74, 6) is -0.0887. The first kappa shape index (κ1) is 21.9. The van der Waals surface area contributed by atoms with E-state index >= 15 is 0 Å². The Balaban J connectivity index is 1.48. The molecule has 2 heterocycles. The molecule has 5 nitrogen and oxygen atoms in total. The Kier molecular flexibility index (Phi) is 7.90. The minimum absolute atomic E-state index is 0.0559. The molecule has 0 radical (unpaired) electrons. The zero-order valence-corrected chi connectivity index (χ0v) is 17.1. The molecule has 30 heavy (non-hydrogen) atoms. The summed E-state index contributed by atoms with van der Waals surface area (Å²) in [6, 6.07) is 12.6. The van der Waals surface area contributed by atoms with Crippen LogP contribution in [0, 0.1) is 0 Å². The number of hydrogen-bond donors (Lipinski definition) is 0. The molecule has 1 aliphatic heterocycles. The predicted octanol–water partition coefficient (Wildman–Crippen LogP) is 3.86. The zero-order valence-electron chi connectivity index (χ0n) is 17.1. The van der Waals surface area contributed by atoms with Crippen molar-refractivity contribution < 1.29 is 18.3 Å². The lowest BCUT2D eigenvalue weighted by molar-refractivity contribution is -0.127. The van der Waals surface area contributed by atoms with Crippen molar-refractivity contribution in [1.82, 2.24) is 14.8 Å². The van der Waals surface area contributed by atoms with Gasteiger partial charge in [-0.2, -0.15) is 8.78 Å². The van der Waals surface area contributed by atoms with E-state index in [1.54, 1.807) is 30.1 Å². The molecule has 1 aromatic carbocycles. The van der Waals surface area contributed by atoms with Gasteiger partial charge in [-0.05, 0) is 37.1 Å². The molecule has 1 saturated heterocycles. The van der Waals surface area contributed by atoms with E-state index < -0.39 is 6.61 Å². The first-order chi connectivity index (χ1) is 14.5. The molecule has 0 saturated carbocycles. The fraction of sp³-hybridized carbons (Fsp3) is 0.391. The molecule has 0 aliphatic carbocycles.